The number of aromatic nitrogens is 1. The van der Waals surface area contributed by atoms with Crippen LogP contribution in [0.15, 0.2) is 18.5 Å². The topological polar surface area (TPSA) is 40.2 Å². The van der Waals surface area contributed by atoms with Crippen molar-refractivity contribution in [3.05, 3.63) is 24.0 Å². The van der Waals surface area contributed by atoms with Crippen molar-refractivity contribution in [2.75, 3.05) is 6.61 Å². The first-order valence-corrected chi connectivity index (χ1v) is 6.79. The van der Waals surface area contributed by atoms with Crippen molar-refractivity contribution in [3.63, 3.8) is 0 Å². The molecule has 1 aliphatic heterocycles. The summed E-state index contributed by atoms with van der Waals surface area (Å²) in [6, 6.07) is 2.48. The highest BCUT2D eigenvalue weighted by Gasteiger charge is 2.14. The number of nitrogens with zero attached hydrogens (tertiary/aromatic N) is 1. The summed E-state index contributed by atoms with van der Waals surface area (Å²) in [5.41, 5.74) is 7.31. The Morgan fingerprint density at radius 1 is 1.59 bits per heavy atom. The molecule has 0 aliphatic carbocycles. The van der Waals surface area contributed by atoms with E-state index < -0.39 is 0 Å². The molecule has 3 nitrogen and oxygen atoms in total. The van der Waals surface area contributed by atoms with Gasteiger partial charge in [-0.2, -0.15) is 0 Å². The van der Waals surface area contributed by atoms with E-state index in [4.69, 9.17) is 10.5 Å². The van der Waals surface area contributed by atoms with Crippen LogP contribution in [0.4, 0.5) is 0 Å². The zero-order valence-electron chi connectivity index (χ0n) is 10.8. The maximum atomic E-state index is 5.96. The van der Waals surface area contributed by atoms with E-state index in [2.05, 4.69) is 30.0 Å². The lowest BCUT2D eigenvalue weighted by Gasteiger charge is -2.09. The van der Waals surface area contributed by atoms with E-state index in [0.717, 1.165) is 32.4 Å². The molecular formula is C14H24N2O. The van der Waals surface area contributed by atoms with Gasteiger partial charge in [-0.05, 0) is 43.7 Å². The van der Waals surface area contributed by atoms with Gasteiger partial charge in [-0.25, -0.2) is 0 Å². The van der Waals surface area contributed by atoms with Crippen molar-refractivity contribution >= 4 is 0 Å². The van der Waals surface area contributed by atoms with Gasteiger partial charge in [0, 0.05) is 31.6 Å². The van der Waals surface area contributed by atoms with Gasteiger partial charge >= 0.3 is 0 Å². The Hall–Kier alpha value is -0.800. The molecule has 0 amide bonds. The molecule has 17 heavy (non-hydrogen) atoms. The fraction of sp³-hybridized carbons (Fsp3) is 0.714. The standard InChI is InChI=1S/C14H24N2O/c1-2-13(15)10-12-5-7-16(11-12)8-6-14-4-3-9-17-14/h5,7,11,13-14H,2-4,6,8-10,15H2,1H3. The van der Waals surface area contributed by atoms with E-state index in [1.807, 2.05) is 0 Å². The predicted octanol–water partition coefficient (Wildman–Crippen LogP) is 2.34. The van der Waals surface area contributed by atoms with Crippen LogP contribution in [-0.4, -0.2) is 23.3 Å². The highest BCUT2D eigenvalue weighted by atomic mass is 16.5. The van der Waals surface area contributed by atoms with Crippen LogP contribution in [0, 0.1) is 0 Å². The van der Waals surface area contributed by atoms with Crippen molar-refractivity contribution in [1.29, 1.82) is 0 Å². The number of aryl methyl sites for hydroxylation is 1. The minimum absolute atomic E-state index is 0.295. The second-order valence-electron chi connectivity index (χ2n) is 5.05. The summed E-state index contributed by atoms with van der Waals surface area (Å²) in [6.45, 7) is 4.15. The molecule has 3 heteroatoms. The Kier molecular flexibility index (Phi) is 4.63. The summed E-state index contributed by atoms with van der Waals surface area (Å²) in [4.78, 5) is 0. The number of hydrogen-bond donors (Lipinski definition) is 1. The molecule has 2 heterocycles. The first-order valence-electron chi connectivity index (χ1n) is 6.79. The summed E-state index contributed by atoms with van der Waals surface area (Å²) in [5.74, 6) is 0. The molecule has 2 unspecified atom stereocenters. The smallest absolute Gasteiger partial charge is 0.0593 e. The SMILES string of the molecule is CCC(N)Cc1ccn(CCC2CCCO2)c1. The zero-order valence-corrected chi connectivity index (χ0v) is 10.8. The molecule has 1 fully saturated rings. The predicted molar refractivity (Wildman–Crippen MR) is 70.0 cm³/mol. The second-order valence-corrected chi connectivity index (χ2v) is 5.05. The van der Waals surface area contributed by atoms with Gasteiger partial charge in [-0.15, -0.1) is 0 Å². The molecule has 1 aromatic rings. The average Bonchev–Trinajstić information content (AvgIpc) is 2.97. The molecule has 0 bridgehead atoms. The first kappa shape index (κ1) is 12.7. The minimum Gasteiger partial charge on any atom is -0.378 e. The molecule has 1 aromatic heterocycles. The Morgan fingerprint density at radius 3 is 3.18 bits per heavy atom. The lowest BCUT2D eigenvalue weighted by Crippen LogP contribution is -2.21. The maximum absolute atomic E-state index is 5.96. The van der Waals surface area contributed by atoms with E-state index in [1.165, 1.54) is 18.4 Å². The van der Waals surface area contributed by atoms with E-state index in [-0.39, 0.29) is 0 Å². The molecule has 96 valence electrons. The Bertz CT molecular complexity index is 329. The van der Waals surface area contributed by atoms with Gasteiger partial charge in [0.2, 0.25) is 0 Å². The van der Waals surface area contributed by atoms with Crippen LogP contribution < -0.4 is 5.73 Å². The van der Waals surface area contributed by atoms with Crippen LogP contribution in [0.25, 0.3) is 0 Å². The number of rotatable bonds is 6. The van der Waals surface area contributed by atoms with Crippen molar-refractivity contribution in [2.24, 2.45) is 5.73 Å². The van der Waals surface area contributed by atoms with Crippen molar-refractivity contribution in [2.45, 2.75) is 57.7 Å². The zero-order chi connectivity index (χ0) is 12.1. The third kappa shape index (κ3) is 3.86. The van der Waals surface area contributed by atoms with E-state index in [1.54, 1.807) is 0 Å². The minimum atomic E-state index is 0.295. The van der Waals surface area contributed by atoms with Gasteiger partial charge in [0.25, 0.3) is 0 Å². The summed E-state index contributed by atoms with van der Waals surface area (Å²) < 4.78 is 7.89. The first-order chi connectivity index (χ1) is 8.28. The fourth-order valence-corrected chi connectivity index (χ4v) is 2.36. The molecule has 1 aliphatic rings. The molecule has 2 atom stereocenters. The Morgan fingerprint density at radius 2 is 2.47 bits per heavy atom. The van der Waals surface area contributed by atoms with Crippen molar-refractivity contribution in [3.8, 4) is 0 Å². The van der Waals surface area contributed by atoms with Gasteiger partial charge in [0.05, 0.1) is 6.10 Å². The summed E-state index contributed by atoms with van der Waals surface area (Å²) >= 11 is 0. The Labute approximate surface area is 104 Å². The van der Waals surface area contributed by atoms with Crippen LogP contribution in [0.3, 0.4) is 0 Å². The van der Waals surface area contributed by atoms with E-state index >= 15 is 0 Å². The highest BCUT2D eigenvalue weighted by Crippen LogP contribution is 2.16. The van der Waals surface area contributed by atoms with Gasteiger partial charge < -0.3 is 15.0 Å². The van der Waals surface area contributed by atoms with Crippen LogP contribution in [0.2, 0.25) is 0 Å². The van der Waals surface area contributed by atoms with Crippen molar-refractivity contribution in [1.82, 2.24) is 4.57 Å². The normalized spacial score (nSPS) is 21.9. The quantitative estimate of drug-likeness (QED) is 0.823. The van der Waals surface area contributed by atoms with Crippen molar-refractivity contribution < 1.29 is 4.74 Å². The van der Waals surface area contributed by atoms with E-state index in [9.17, 15) is 0 Å². The van der Waals surface area contributed by atoms with Gasteiger partial charge in [0.1, 0.15) is 0 Å². The average molecular weight is 236 g/mol. The van der Waals surface area contributed by atoms with E-state index in [0.29, 0.717) is 12.1 Å². The monoisotopic (exact) mass is 236 g/mol. The van der Waals surface area contributed by atoms with Crippen LogP contribution in [0.5, 0.6) is 0 Å². The summed E-state index contributed by atoms with van der Waals surface area (Å²) in [6.07, 6.45) is 10.5. The molecule has 0 radical (unpaired) electrons. The molecular weight excluding hydrogens is 212 g/mol. The van der Waals surface area contributed by atoms with Gasteiger partial charge in [0.15, 0.2) is 0 Å². The van der Waals surface area contributed by atoms with Crippen LogP contribution in [0.1, 0.15) is 38.2 Å². The third-order valence-corrected chi connectivity index (χ3v) is 3.57. The molecule has 2 N–H and O–H groups in total. The number of hydrogen-bond acceptors (Lipinski definition) is 2. The fourth-order valence-electron chi connectivity index (χ4n) is 2.36. The molecule has 2 rings (SSSR count). The molecule has 0 spiro atoms. The summed E-state index contributed by atoms with van der Waals surface area (Å²) in [5, 5.41) is 0. The third-order valence-electron chi connectivity index (χ3n) is 3.57. The lowest BCUT2D eigenvalue weighted by atomic mass is 10.1. The number of nitrogens with two attached hydrogens (primary N) is 1. The number of ether oxygens (including phenoxy) is 1. The lowest BCUT2D eigenvalue weighted by molar-refractivity contribution is 0.100. The van der Waals surface area contributed by atoms with Gasteiger partial charge in [-0.3, -0.25) is 0 Å². The molecule has 1 saturated heterocycles. The van der Waals surface area contributed by atoms with Crippen LogP contribution >= 0.6 is 0 Å². The maximum Gasteiger partial charge on any atom is 0.0593 e. The molecule has 0 saturated carbocycles. The highest BCUT2D eigenvalue weighted by molar-refractivity contribution is 5.11. The largest absolute Gasteiger partial charge is 0.378 e. The van der Waals surface area contributed by atoms with Gasteiger partial charge in [-0.1, -0.05) is 6.92 Å². The Balaban J connectivity index is 1.77. The molecule has 0 aromatic carbocycles. The van der Waals surface area contributed by atoms with Crippen LogP contribution in [-0.2, 0) is 17.7 Å². The second kappa shape index (κ2) is 6.22. The summed E-state index contributed by atoms with van der Waals surface area (Å²) in [7, 11) is 0.